The zero-order valence-electron chi connectivity index (χ0n) is 41.3. The highest BCUT2D eigenvalue weighted by atomic mass is 16.6. The fourth-order valence-corrected chi connectivity index (χ4v) is 7.25. The second-order valence-corrected chi connectivity index (χ2v) is 17.4. The SMILES string of the molecule is CC/C=C\C/C=C\C/C=C\C/C=C\CCC(=O)OC(COC(=O)CCCCCCCCCCC)COC(=O)CCCCCCCCCCCCC/C=C\C/C=C\CCCCCCC. The summed E-state index contributed by atoms with van der Waals surface area (Å²) in [6.07, 6.45) is 64.9. The molecular formula is C57H98O6. The van der Waals surface area contributed by atoms with E-state index in [-0.39, 0.29) is 31.6 Å². The predicted octanol–water partition coefficient (Wildman–Crippen LogP) is 17.4. The third-order valence-electron chi connectivity index (χ3n) is 11.2. The van der Waals surface area contributed by atoms with Crippen LogP contribution in [-0.4, -0.2) is 37.2 Å². The topological polar surface area (TPSA) is 78.9 Å². The van der Waals surface area contributed by atoms with Crippen LogP contribution in [0.15, 0.2) is 72.9 Å². The lowest BCUT2D eigenvalue weighted by atomic mass is 10.0. The number of rotatable bonds is 47. The maximum atomic E-state index is 12.7. The van der Waals surface area contributed by atoms with E-state index in [4.69, 9.17) is 14.2 Å². The molecule has 0 saturated carbocycles. The summed E-state index contributed by atoms with van der Waals surface area (Å²) >= 11 is 0. The first-order valence-electron chi connectivity index (χ1n) is 26.4. The summed E-state index contributed by atoms with van der Waals surface area (Å²) in [5.74, 6) is -0.988. The molecule has 0 bridgehead atoms. The summed E-state index contributed by atoms with van der Waals surface area (Å²) in [6, 6.07) is 0. The lowest BCUT2D eigenvalue weighted by molar-refractivity contribution is -0.166. The summed E-state index contributed by atoms with van der Waals surface area (Å²) < 4.78 is 16.7. The molecule has 0 aromatic heterocycles. The van der Waals surface area contributed by atoms with Gasteiger partial charge in [-0.25, -0.2) is 0 Å². The summed E-state index contributed by atoms with van der Waals surface area (Å²) in [4.78, 5) is 37.8. The Labute approximate surface area is 389 Å². The molecule has 0 spiro atoms. The molecule has 6 heteroatoms. The van der Waals surface area contributed by atoms with Crippen LogP contribution in [0.2, 0.25) is 0 Å². The van der Waals surface area contributed by atoms with Crippen molar-refractivity contribution in [1.29, 1.82) is 0 Å². The fraction of sp³-hybridized carbons (Fsp3) is 0.737. The van der Waals surface area contributed by atoms with Crippen LogP contribution in [0.5, 0.6) is 0 Å². The van der Waals surface area contributed by atoms with Crippen molar-refractivity contribution in [2.75, 3.05) is 13.2 Å². The van der Waals surface area contributed by atoms with Crippen molar-refractivity contribution >= 4 is 17.9 Å². The molecule has 1 unspecified atom stereocenters. The minimum absolute atomic E-state index is 0.103. The molecule has 0 aliphatic heterocycles. The van der Waals surface area contributed by atoms with Gasteiger partial charge in [-0.3, -0.25) is 14.4 Å². The molecule has 0 saturated heterocycles. The van der Waals surface area contributed by atoms with E-state index in [0.29, 0.717) is 19.3 Å². The molecule has 63 heavy (non-hydrogen) atoms. The molecule has 0 fully saturated rings. The van der Waals surface area contributed by atoms with Crippen LogP contribution in [0.3, 0.4) is 0 Å². The number of unbranched alkanes of at least 4 members (excludes halogenated alkanes) is 24. The summed E-state index contributed by atoms with van der Waals surface area (Å²) in [5, 5.41) is 0. The molecule has 0 heterocycles. The Morgan fingerprint density at radius 1 is 0.333 bits per heavy atom. The Hall–Kier alpha value is -3.15. The van der Waals surface area contributed by atoms with Crippen molar-refractivity contribution in [3.63, 3.8) is 0 Å². The van der Waals surface area contributed by atoms with Gasteiger partial charge in [0, 0.05) is 19.3 Å². The van der Waals surface area contributed by atoms with Gasteiger partial charge in [-0.2, -0.15) is 0 Å². The van der Waals surface area contributed by atoms with Crippen molar-refractivity contribution in [2.45, 2.75) is 258 Å². The molecule has 0 aliphatic rings. The van der Waals surface area contributed by atoms with Crippen molar-refractivity contribution in [3.8, 4) is 0 Å². The van der Waals surface area contributed by atoms with Crippen molar-refractivity contribution < 1.29 is 28.6 Å². The summed E-state index contributed by atoms with van der Waals surface area (Å²) in [6.45, 7) is 6.43. The molecule has 1 atom stereocenters. The first kappa shape index (κ1) is 59.9. The van der Waals surface area contributed by atoms with E-state index in [1.807, 2.05) is 12.2 Å². The van der Waals surface area contributed by atoms with E-state index >= 15 is 0 Å². The van der Waals surface area contributed by atoms with Crippen molar-refractivity contribution in [3.05, 3.63) is 72.9 Å². The van der Waals surface area contributed by atoms with Gasteiger partial charge < -0.3 is 14.2 Å². The Kier molecular flexibility index (Phi) is 48.9. The van der Waals surface area contributed by atoms with Crippen LogP contribution in [0.1, 0.15) is 252 Å². The quantitative estimate of drug-likeness (QED) is 0.0262. The number of allylic oxidation sites excluding steroid dienone is 12. The number of ether oxygens (including phenoxy) is 3. The van der Waals surface area contributed by atoms with E-state index in [1.165, 1.54) is 135 Å². The van der Waals surface area contributed by atoms with Gasteiger partial charge in [0.25, 0.3) is 0 Å². The standard InChI is InChI=1S/C57H98O6/c1-4-7-10-13-16-19-21-23-24-25-26-27-28-29-30-31-32-34-35-38-41-44-47-50-56(59)62-53-54(52-61-55(58)49-46-43-40-37-18-15-12-9-6-3)63-57(60)51-48-45-42-39-36-33-22-20-17-14-11-8-5-2/h8,11,17,20-21,23,25-26,33,36,42,45,54H,4-7,9-10,12-16,18-19,22,24,27-32,34-35,37-41,43-44,46-53H2,1-3H3/b11-8-,20-17-,23-21-,26-25-,36-33-,45-42-. The maximum absolute atomic E-state index is 12.7. The molecule has 0 N–H and O–H groups in total. The third-order valence-corrected chi connectivity index (χ3v) is 11.2. The maximum Gasteiger partial charge on any atom is 0.306 e. The monoisotopic (exact) mass is 879 g/mol. The zero-order chi connectivity index (χ0) is 45.8. The van der Waals surface area contributed by atoms with Gasteiger partial charge in [-0.1, -0.05) is 229 Å². The lowest BCUT2D eigenvalue weighted by Crippen LogP contribution is -2.30. The smallest absolute Gasteiger partial charge is 0.306 e. The van der Waals surface area contributed by atoms with Gasteiger partial charge in [-0.15, -0.1) is 0 Å². The summed E-state index contributed by atoms with van der Waals surface area (Å²) in [7, 11) is 0. The van der Waals surface area contributed by atoms with Gasteiger partial charge in [0.2, 0.25) is 0 Å². The highest BCUT2D eigenvalue weighted by Gasteiger charge is 2.19. The predicted molar refractivity (Wildman–Crippen MR) is 270 cm³/mol. The average molecular weight is 879 g/mol. The molecule has 0 amide bonds. The molecular weight excluding hydrogens is 781 g/mol. The van der Waals surface area contributed by atoms with Gasteiger partial charge >= 0.3 is 17.9 Å². The van der Waals surface area contributed by atoms with E-state index < -0.39 is 12.1 Å². The molecule has 0 aromatic carbocycles. The van der Waals surface area contributed by atoms with E-state index in [9.17, 15) is 14.4 Å². The van der Waals surface area contributed by atoms with Crippen LogP contribution in [-0.2, 0) is 28.6 Å². The van der Waals surface area contributed by atoms with Gasteiger partial charge in [0.1, 0.15) is 13.2 Å². The Bertz CT molecular complexity index is 1190. The van der Waals surface area contributed by atoms with E-state index in [1.54, 1.807) is 0 Å². The Morgan fingerprint density at radius 2 is 0.651 bits per heavy atom. The average Bonchev–Trinajstić information content (AvgIpc) is 3.28. The molecule has 362 valence electrons. The van der Waals surface area contributed by atoms with Gasteiger partial charge in [-0.05, 0) is 77.0 Å². The lowest BCUT2D eigenvalue weighted by Gasteiger charge is -2.18. The van der Waals surface area contributed by atoms with Crippen LogP contribution in [0.4, 0.5) is 0 Å². The van der Waals surface area contributed by atoms with Crippen LogP contribution < -0.4 is 0 Å². The minimum Gasteiger partial charge on any atom is -0.462 e. The number of esters is 3. The fourth-order valence-electron chi connectivity index (χ4n) is 7.25. The normalized spacial score (nSPS) is 12.6. The van der Waals surface area contributed by atoms with E-state index in [2.05, 4.69) is 81.5 Å². The largest absolute Gasteiger partial charge is 0.462 e. The first-order valence-corrected chi connectivity index (χ1v) is 26.4. The molecule has 0 radical (unpaired) electrons. The van der Waals surface area contributed by atoms with Gasteiger partial charge in [0.05, 0.1) is 0 Å². The number of hydrogen-bond donors (Lipinski definition) is 0. The number of hydrogen-bond acceptors (Lipinski definition) is 6. The van der Waals surface area contributed by atoms with Gasteiger partial charge in [0.15, 0.2) is 6.10 Å². The highest BCUT2D eigenvalue weighted by molar-refractivity contribution is 5.71. The zero-order valence-corrected chi connectivity index (χ0v) is 41.3. The Morgan fingerprint density at radius 3 is 1.03 bits per heavy atom. The first-order chi connectivity index (χ1) is 31.0. The third kappa shape index (κ3) is 49.7. The molecule has 0 rings (SSSR count). The second kappa shape index (κ2) is 51.5. The molecule has 0 aromatic rings. The second-order valence-electron chi connectivity index (χ2n) is 17.4. The van der Waals surface area contributed by atoms with E-state index in [0.717, 1.165) is 70.6 Å². The minimum atomic E-state index is -0.810. The number of carbonyl (C=O) groups excluding carboxylic acids is 3. The molecule has 6 nitrogen and oxygen atoms in total. The molecule has 0 aliphatic carbocycles. The van der Waals surface area contributed by atoms with Crippen molar-refractivity contribution in [2.24, 2.45) is 0 Å². The van der Waals surface area contributed by atoms with Crippen LogP contribution in [0, 0.1) is 0 Å². The Balaban J connectivity index is 4.29. The highest BCUT2D eigenvalue weighted by Crippen LogP contribution is 2.15. The summed E-state index contributed by atoms with van der Waals surface area (Å²) in [5.41, 5.74) is 0. The number of carbonyl (C=O) groups is 3. The van der Waals surface area contributed by atoms with Crippen molar-refractivity contribution in [1.82, 2.24) is 0 Å². The van der Waals surface area contributed by atoms with Crippen LogP contribution >= 0.6 is 0 Å². The van der Waals surface area contributed by atoms with Crippen LogP contribution in [0.25, 0.3) is 0 Å².